The van der Waals surface area contributed by atoms with Crippen LogP contribution >= 0.6 is 23.1 Å². The van der Waals surface area contributed by atoms with E-state index in [0.29, 0.717) is 12.2 Å². The Hall–Kier alpha value is -1.60. The largest absolute Gasteiger partial charge is 0.350 e. The molecule has 3 aromatic rings. The van der Waals surface area contributed by atoms with Crippen LogP contribution in [0.25, 0.3) is 5.65 Å². The van der Waals surface area contributed by atoms with Crippen molar-refractivity contribution < 1.29 is 0 Å². The third-order valence-corrected chi connectivity index (χ3v) is 4.73. The summed E-state index contributed by atoms with van der Waals surface area (Å²) in [5.74, 6) is 0.788. The fourth-order valence-electron chi connectivity index (χ4n) is 1.73. The van der Waals surface area contributed by atoms with E-state index in [1.807, 2.05) is 30.5 Å². The van der Waals surface area contributed by atoms with Crippen LogP contribution in [-0.2, 0) is 6.54 Å². The highest BCUT2D eigenvalue weighted by Gasteiger charge is 2.06. The summed E-state index contributed by atoms with van der Waals surface area (Å²) < 4.78 is 4.09. The fourth-order valence-corrected chi connectivity index (χ4v) is 3.57. The Bertz CT molecular complexity index is 758. The van der Waals surface area contributed by atoms with Crippen molar-refractivity contribution in [2.75, 3.05) is 5.75 Å². The molecule has 0 N–H and O–H groups in total. The third kappa shape index (κ3) is 2.57. The van der Waals surface area contributed by atoms with Gasteiger partial charge in [-0.05, 0) is 19.1 Å². The van der Waals surface area contributed by atoms with Gasteiger partial charge in [0.15, 0.2) is 5.65 Å². The number of nitrogens with zero attached hydrogens (tertiary/aromatic N) is 4. The second-order valence-corrected chi connectivity index (χ2v) is 6.24. The summed E-state index contributed by atoms with van der Waals surface area (Å²) in [6.07, 6.45) is 1.73. The molecule has 0 atom stereocenters. The van der Waals surface area contributed by atoms with E-state index >= 15 is 0 Å². The molecule has 3 heterocycles. The van der Waals surface area contributed by atoms with Crippen LogP contribution in [0.1, 0.15) is 5.69 Å². The van der Waals surface area contributed by atoms with Crippen molar-refractivity contribution in [1.29, 1.82) is 0 Å². The predicted molar refractivity (Wildman–Crippen MR) is 77.0 cm³/mol. The van der Waals surface area contributed by atoms with Crippen LogP contribution in [0.2, 0.25) is 0 Å². The molecule has 0 aliphatic rings. The standard InChI is InChI=1S/C12H12N4OS2/c1-9-8-19-11(13-9)18-7-6-16-12(17)15-5-3-2-4-10(15)14-16/h2-5,8H,6-7H2,1H3. The molecule has 0 bridgehead atoms. The highest BCUT2D eigenvalue weighted by atomic mass is 32.2. The first kappa shape index (κ1) is 12.4. The van der Waals surface area contributed by atoms with E-state index in [4.69, 9.17) is 0 Å². The van der Waals surface area contributed by atoms with E-state index in [-0.39, 0.29) is 5.69 Å². The predicted octanol–water partition coefficient (Wildman–Crippen LogP) is 2.05. The topological polar surface area (TPSA) is 52.2 Å². The number of hydrogen-bond donors (Lipinski definition) is 0. The van der Waals surface area contributed by atoms with Crippen LogP contribution in [0.3, 0.4) is 0 Å². The second-order valence-electron chi connectivity index (χ2n) is 4.04. The number of aryl methyl sites for hydroxylation is 2. The lowest BCUT2D eigenvalue weighted by molar-refractivity contribution is 0.639. The summed E-state index contributed by atoms with van der Waals surface area (Å²) in [6, 6.07) is 5.53. The van der Waals surface area contributed by atoms with Gasteiger partial charge in [-0.2, -0.15) is 0 Å². The van der Waals surface area contributed by atoms with Gasteiger partial charge in [0, 0.05) is 23.0 Å². The Labute approximate surface area is 117 Å². The first-order valence-electron chi connectivity index (χ1n) is 5.83. The number of fused-ring (bicyclic) bond motifs is 1. The molecule has 0 aromatic carbocycles. The number of pyridine rings is 1. The van der Waals surface area contributed by atoms with Gasteiger partial charge in [-0.15, -0.1) is 16.4 Å². The van der Waals surface area contributed by atoms with Crippen molar-refractivity contribution in [3.63, 3.8) is 0 Å². The highest BCUT2D eigenvalue weighted by molar-refractivity contribution is 8.00. The minimum absolute atomic E-state index is 0.0912. The molecule has 98 valence electrons. The molecule has 3 rings (SSSR count). The Morgan fingerprint density at radius 3 is 3.05 bits per heavy atom. The smallest absolute Gasteiger partial charge is 0.250 e. The van der Waals surface area contributed by atoms with Gasteiger partial charge in [-0.1, -0.05) is 17.8 Å². The summed E-state index contributed by atoms with van der Waals surface area (Å²) >= 11 is 3.29. The fraction of sp³-hybridized carbons (Fsp3) is 0.250. The van der Waals surface area contributed by atoms with Crippen molar-refractivity contribution in [3.05, 3.63) is 46.0 Å². The molecule has 0 saturated heterocycles. The van der Waals surface area contributed by atoms with Crippen LogP contribution in [0, 0.1) is 6.92 Å². The summed E-state index contributed by atoms with van der Waals surface area (Å²) in [7, 11) is 0. The molecule has 0 spiro atoms. The molecule has 0 aliphatic heterocycles. The van der Waals surface area contributed by atoms with E-state index in [9.17, 15) is 4.79 Å². The minimum Gasteiger partial charge on any atom is -0.250 e. The first-order chi connectivity index (χ1) is 9.24. The molecule has 0 aliphatic carbocycles. The normalized spacial score (nSPS) is 11.2. The summed E-state index contributed by atoms with van der Waals surface area (Å²) in [6.45, 7) is 2.57. The van der Waals surface area contributed by atoms with Crippen molar-refractivity contribution >= 4 is 28.7 Å². The molecule has 3 aromatic heterocycles. The van der Waals surface area contributed by atoms with Gasteiger partial charge in [-0.3, -0.25) is 4.40 Å². The molecule has 5 nitrogen and oxygen atoms in total. The van der Waals surface area contributed by atoms with E-state index in [0.717, 1.165) is 15.8 Å². The zero-order valence-corrected chi connectivity index (χ0v) is 11.9. The third-order valence-electron chi connectivity index (χ3n) is 2.61. The summed E-state index contributed by atoms with van der Waals surface area (Å²) in [5, 5.41) is 6.31. The zero-order chi connectivity index (χ0) is 13.2. The van der Waals surface area contributed by atoms with E-state index in [2.05, 4.69) is 10.1 Å². The van der Waals surface area contributed by atoms with Crippen molar-refractivity contribution in [1.82, 2.24) is 19.2 Å². The van der Waals surface area contributed by atoms with Crippen molar-refractivity contribution in [2.45, 2.75) is 17.8 Å². The molecule has 0 amide bonds. The number of thiazole rings is 1. The zero-order valence-electron chi connectivity index (χ0n) is 10.3. The lowest BCUT2D eigenvalue weighted by Gasteiger charge is -1.97. The van der Waals surface area contributed by atoms with Crippen molar-refractivity contribution in [3.8, 4) is 0 Å². The van der Waals surface area contributed by atoms with Crippen LogP contribution in [-0.4, -0.2) is 24.9 Å². The van der Waals surface area contributed by atoms with Gasteiger partial charge < -0.3 is 0 Å². The molecule has 0 saturated carbocycles. The number of rotatable bonds is 4. The molecule has 0 radical (unpaired) electrons. The van der Waals surface area contributed by atoms with Crippen LogP contribution in [0.15, 0.2) is 38.9 Å². The van der Waals surface area contributed by atoms with Gasteiger partial charge in [0.25, 0.3) is 0 Å². The van der Waals surface area contributed by atoms with E-state index in [1.54, 1.807) is 33.7 Å². The van der Waals surface area contributed by atoms with Crippen molar-refractivity contribution in [2.24, 2.45) is 0 Å². The van der Waals surface area contributed by atoms with Crippen LogP contribution in [0.4, 0.5) is 0 Å². The Balaban J connectivity index is 1.72. The summed E-state index contributed by atoms with van der Waals surface area (Å²) in [5.41, 5.74) is 1.63. The van der Waals surface area contributed by atoms with E-state index in [1.165, 1.54) is 4.68 Å². The molecule has 19 heavy (non-hydrogen) atoms. The molecule has 0 fully saturated rings. The Morgan fingerprint density at radius 1 is 1.42 bits per heavy atom. The van der Waals surface area contributed by atoms with Gasteiger partial charge >= 0.3 is 5.69 Å². The summed E-state index contributed by atoms with van der Waals surface area (Å²) in [4.78, 5) is 16.4. The van der Waals surface area contributed by atoms with Crippen LogP contribution in [0.5, 0.6) is 0 Å². The lowest BCUT2D eigenvalue weighted by atomic mass is 10.5. The maximum absolute atomic E-state index is 12.0. The molecular weight excluding hydrogens is 280 g/mol. The molecular formula is C12H12N4OS2. The Morgan fingerprint density at radius 2 is 2.32 bits per heavy atom. The monoisotopic (exact) mass is 292 g/mol. The second kappa shape index (κ2) is 5.18. The maximum Gasteiger partial charge on any atom is 0.350 e. The van der Waals surface area contributed by atoms with Gasteiger partial charge in [0.1, 0.15) is 4.34 Å². The van der Waals surface area contributed by atoms with Gasteiger partial charge in [0.05, 0.1) is 6.54 Å². The quantitative estimate of drug-likeness (QED) is 0.691. The minimum atomic E-state index is -0.0912. The highest BCUT2D eigenvalue weighted by Crippen LogP contribution is 2.22. The van der Waals surface area contributed by atoms with Gasteiger partial charge in [0.2, 0.25) is 0 Å². The first-order valence-corrected chi connectivity index (χ1v) is 7.70. The molecule has 0 unspecified atom stereocenters. The lowest BCUT2D eigenvalue weighted by Crippen LogP contribution is -2.21. The SMILES string of the molecule is Cc1csc(SCCn2nc3ccccn3c2=O)n1. The molecule has 7 heteroatoms. The number of aromatic nitrogens is 4. The number of thioether (sulfide) groups is 1. The van der Waals surface area contributed by atoms with Gasteiger partial charge in [-0.25, -0.2) is 14.5 Å². The number of hydrogen-bond acceptors (Lipinski definition) is 5. The maximum atomic E-state index is 12.0. The van der Waals surface area contributed by atoms with E-state index < -0.39 is 0 Å². The average molecular weight is 292 g/mol. The average Bonchev–Trinajstić information content (AvgIpc) is 2.96. The Kier molecular flexibility index (Phi) is 3.39. The van der Waals surface area contributed by atoms with Crippen LogP contribution < -0.4 is 5.69 Å².